The minimum Gasteiger partial charge on any atom is -0.480 e. The van der Waals surface area contributed by atoms with Gasteiger partial charge in [0, 0.05) is 5.54 Å². The lowest BCUT2D eigenvalue weighted by atomic mass is 9.83. The van der Waals surface area contributed by atoms with Gasteiger partial charge in [0.05, 0.1) is 6.61 Å². The molecule has 0 bridgehead atoms. The highest BCUT2D eigenvalue weighted by Crippen LogP contribution is 2.27. The number of carboxylic acids is 1. The molecule has 4 N–H and O–H groups in total. The van der Waals surface area contributed by atoms with Gasteiger partial charge in [-0.1, -0.05) is 19.3 Å². The molecule has 6 nitrogen and oxygen atoms in total. The largest absolute Gasteiger partial charge is 0.480 e. The lowest BCUT2D eigenvalue weighted by Gasteiger charge is -2.34. The average Bonchev–Trinajstić information content (AvgIpc) is 2.25. The van der Waals surface area contributed by atoms with Crippen LogP contribution in [0.2, 0.25) is 0 Å². The normalized spacial score (nSPS) is 20.4. The van der Waals surface area contributed by atoms with Gasteiger partial charge in [-0.2, -0.15) is 0 Å². The van der Waals surface area contributed by atoms with Crippen molar-refractivity contribution in [2.24, 2.45) is 0 Å². The van der Waals surface area contributed by atoms with Crippen molar-refractivity contribution in [2.45, 2.75) is 50.6 Å². The minimum atomic E-state index is -1.25. The lowest BCUT2D eigenvalue weighted by molar-refractivity contribution is -0.140. The van der Waals surface area contributed by atoms with Gasteiger partial charge in [-0.05, 0) is 19.8 Å². The summed E-state index contributed by atoms with van der Waals surface area (Å²) in [6, 6.07) is -1.78. The third kappa shape index (κ3) is 4.22. The van der Waals surface area contributed by atoms with E-state index in [-0.39, 0.29) is 5.54 Å². The first-order valence-electron chi connectivity index (χ1n) is 5.89. The molecule has 17 heavy (non-hydrogen) atoms. The van der Waals surface area contributed by atoms with E-state index < -0.39 is 24.6 Å². The fourth-order valence-electron chi connectivity index (χ4n) is 2.11. The Bertz CT molecular complexity index is 287. The van der Waals surface area contributed by atoms with Gasteiger partial charge >= 0.3 is 12.0 Å². The minimum absolute atomic E-state index is 0.263. The molecule has 1 aliphatic rings. The van der Waals surface area contributed by atoms with E-state index in [1.54, 1.807) is 0 Å². The van der Waals surface area contributed by atoms with Crippen LogP contribution in [0.25, 0.3) is 0 Å². The highest BCUT2D eigenvalue weighted by molar-refractivity contribution is 5.82. The number of nitrogens with one attached hydrogen (secondary N) is 2. The Morgan fingerprint density at radius 2 is 1.88 bits per heavy atom. The lowest BCUT2D eigenvalue weighted by Crippen LogP contribution is -2.55. The predicted octanol–water partition coefficient (Wildman–Crippen LogP) is 0.454. The molecule has 1 unspecified atom stereocenters. The first kappa shape index (κ1) is 13.8. The van der Waals surface area contributed by atoms with Gasteiger partial charge in [0.2, 0.25) is 0 Å². The number of aliphatic hydroxyl groups is 1. The topological polar surface area (TPSA) is 98.7 Å². The number of carbonyl (C=O) groups excluding carboxylic acids is 1. The molecule has 1 fully saturated rings. The Morgan fingerprint density at radius 3 is 2.35 bits per heavy atom. The molecule has 0 aromatic rings. The molecule has 0 heterocycles. The van der Waals surface area contributed by atoms with Gasteiger partial charge in [0.15, 0.2) is 6.04 Å². The van der Waals surface area contributed by atoms with Crippen LogP contribution in [0.15, 0.2) is 0 Å². The number of aliphatic carboxylic acids is 1. The standard InChI is InChI=1S/C11H20N2O4/c1-11(5-3-2-4-6-11)13-10(17)12-8(7-14)9(15)16/h8,14H,2-7H2,1H3,(H,15,16)(H2,12,13,17). The number of carboxylic acid groups (broad SMARTS) is 1. The van der Waals surface area contributed by atoms with Crippen LogP contribution >= 0.6 is 0 Å². The Balaban J connectivity index is 2.45. The molecule has 6 heteroatoms. The number of hydrogen-bond donors (Lipinski definition) is 4. The number of aliphatic hydroxyl groups excluding tert-OH is 1. The smallest absolute Gasteiger partial charge is 0.328 e. The van der Waals surface area contributed by atoms with E-state index in [0.717, 1.165) is 25.7 Å². The maximum absolute atomic E-state index is 11.6. The van der Waals surface area contributed by atoms with Crippen molar-refractivity contribution in [1.29, 1.82) is 0 Å². The molecular weight excluding hydrogens is 224 g/mol. The van der Waals surface area contributed by atoms with Gasteiger partial charge in [0.1, 0.15) is 0 Å². The quantitative estimate of drug-likeness (QED) is 0.577. The van der Waals surface area contributed by atoms with Crippen molar-refractivity contribution < 1.29 is 19.8 Å². The summed E-state index contributed by atoms with van der Waals surface area (Å²) in [7, 11) is 0. The molecule has 1 atom stereocenters. The van der Waals surface area contributed by atoms with Gasteiger partial charge in [0.25, 0.3) is 0 Å². The summed E-state index contributed by atoms with van der Waals surface area (Å²) in [5.74, 6) is -1.24. The van der Waals surface area contributed by atoms with Crippen molar-refractivity contribution >= 4 is 12.0 Å². The zero-order valence-corrected chi connectivity index (χ0v) is 10.0. The van der Waals surface area contributed by atoms with Gasteiger partial charge in [-0.25, -0.2) is 9.59 Å². The number of carbonyl (C=O) groups is 2. The molecule has 0 radical (unpaired) electrons. The number of urea groups is 1. The number of hydrogen-bond acceptors (Lipinski definition) is 3. The van der Waals surface area contributed by atoms with Crippen LogP contribution in [0.1, 0.15) is 39.0 Å². The summed E-state index contributed by atoms with van der Waals surface area (Å²) < 4.78 is 0. The van der Waals surface area contributed by atoms with Crippen LogP contribution in [0, 0.1) is 0 Å². The molecule has 0 saturated heterocycles. The van der Waals surface area contributed by atoms with Gasteiger partial charge in [-0.3, -0.25) is 0 Å². The fourth-order valence-corrected chi connectivity index (χ4v) is 2.11. The van der Waals surface area contributed by atoms with Crippen molar-refractivity contribution in [3.63, 3.8) is 0 Å². The van der Waals surface area contributed by atoms with Gasteiger partial charge < -0.3 is 20.8 Å². The molecule has 0 aromatic carbocycles. The number of amides is 2. The van der Waals surface area contributed by atoms with E-state index in [1.165, 1.54) is 6.42 Å². The van der Waals surface area contributed by atoms with Crippen LogP contribution < -0.4 is 10.6 Å². The van der Waals surface area contributed by atoms with Gasteiger partial charge in [-0.15, -0.1) is 0 Å². The third-order valence-corrected chi connectivity index (χ3v) is 3.16. The predicted molar refractivity (Wildman–Crippen MR) is 61.7 cm³/mol. The van der Waals surface area contributed by atoms with E-state index in [4.69, 9.17) is 10.2 Å². The molecule has 0 spiro atoms. The fraction of sp³-hybridized carbons (Fsp3) is 0.818. The van der Waals surface area contributed by atoms with Crippen molar-refractivity contribution in [3.05, 3.63) is 0 Å². The highest BCUT2D eigenvalue weighted by atomic mass is 16.4. The van der Waals surface area contributed by atoms with Crippen LogP contribution in [0.5, 0.6) is 0 Å². The van der Waals surface area contributed by atoms with E-state index in [2.05, 4.69) is 10.6 Å². The molecule has 2 amide bonds. The summed E-state index contributed by atoms with van der Waals surface area (Å²) in [4.78, 5) is 22.2. The second-order valence-electron chi connectivity index (χ2n) is 4.79. The first-order chi connectivity index (χ1) is 7.97. The molecule has 1 rings (SSSR count). The average molecular weight is 244 g/mol. The summed E-state index contributed by atoms with van der Waals surface area (Å²) in [6.07, 6.45) is 5.11. The van der Waals surface area contributed by atoms with Crippen LogP contribution in [-0.2, 0) is 4.79 Å². The van der Waals surface area contributed by atoms with E-state index in [1.807, 2.05) is 6.92 Å². The summed E-state index contributed by atoms with van der Waals surface area (Å²) in [5, 5.41) is 22.5. The maximum atomic E-state index is 11.6. The van der Waals surface area contributed by atoms with Crippen LogP contribution in [-0.4, -0.2) is 40.4 Å². The molecule has 0 aliphatic heterocycles. The zero-order valence-electron chi connectivity index (χ0n) is 10.0. The monoisotopic (exact) mass is 244 g/mol. The molecule has 1 saturated carbocycles. The van der Waals surface area contributed by atoms with Crippen molar-refractivity contribution in [3.8, 4) is 0 Å². The Morgan fingerprint density at radius 1 is 1.29 bits per heavy atom. The molecular formula is C11H20N2O4. The number of rotatable bonds is 4. The van der Waals surface area contributed by atoms with Crippen LogP contribution in [0.3, 0.4) is 0 Å². The zero-order chi connectivity index (χ0) is 12.9. The summed E-state index contributed by atoms with van der Waals surface area (Å²) in [6.45, 7) is 1.35. The van der Waals surface area contributed by atoms with E-state index >= 15 is 0 Å². The second-order valence-corrected chi connectivity index (χ2v) is 4.79. The highest BCUT2D eigenvalue weighted by Gasteiger charge is 2.29. The Hall–Kier alpha value is -1.30. The Labute approximate surface area is 100 Å². The Kier molecular flexibility index (Phi) is 4.74. The first-order valence-corrected chi connectivity index (χ1v) is 5.89. The van der Waals surface area contributed by atoms with E-state index in [0.29, 0.717) is 0 Å². The molecule has 1 aliphatic carbocycles. The summed E-state index contributed by atoms with van der Waals surface area (Å²) >= 11 is 0. The van der Waals surface area contributed by atoms with Crippen molar-refractivity contribution in [1.82, 2.24) is 10.6 Å². The molecule has 0 aromatic heterocycles. The SMILES string of the molecule is CC1(NC(=O)NC(CO)C(=O)O)CCCCC1. The maximum Gasteiger partial charge on any atom is 0.328 e. The second kappa shape index (κ2) is 5.86. The van der Waals surface area contributed by atoms with Crippen LogP contribution in [0.4, 0.5) is 4.79 Å². The molecule has 98 valence electrons. The van der Waals surface area contributed by atoms with E-state index in [9.17, 15) is 9.59 Å². The van der Waals surface area contributed by atoms with Crippen molar-refractivity contribution in [2.75, 3.05) is 6.61 Å². The third-order valence-electron chi connectivity index (χ3n) is 3.16. The summed E-state index contributed by atoms with van der Waals surface area (Å²) in [5.41, 5.74) is -0.263.